The van der Waals surface area contributed by atoms with Crippen LogP contribution in [0.3, 0.4) is 0 Å². The molecular weight excluding hydrogens is 270 g/mol. The van der Waals surface area contributed by atoms with Crippen LogP contribution in [0.5, 0.6) is 0 Å². The Balaban J connectivity index is 2.72. The number of carboxylic acid groups (broad SMARTS) is 1. The lowest BCUT2D eigenvalue weighted by Gasteiger charge is -2.28. The topological polar surface area (TPSA) is 84.2 Å². The number of amides is 1. The molecule has 21 heavy (non-hydrogen) atoms. The van der Waals surface area contributed by atoms with Gasteiger partial charge >= 0.3 is 5.97 Å². The summed E-state index contributed by atoms with van der Waals surface area (Å²) in [6.07, 6.45) is 7.23. The molecular formula is C15H25N3O3. The lowest BCUT2D eigenvalue weighted by atomic mass is 9.86. The van der Waals surface area contributed by atoms with E-state index in [1.54, 1.807) is 33.3 Å². The first kappa shape index (κ1) is 17.2. The molecule has 2 N–H and O–H groups in total. The molecule has 0 aliphatic rings. The van der Waals surface area contributed by atoms with Crippen LogP contribution in [0.25, 0.3) is 0 Å². The first-order chi connectivity index (χ1) is 9.75. The summed E-state index contributed by atoms with van der Waals surface area (Å²) in [7, 11) is 0. The van der Waals surface area contributed by atoms with Crippen LogP contribution in [-0.4, -0.2) is 32.6 Å². The molecule has 0 aromatic carbocycles. The van der Waals surface area contributed by atoms with Crippen molar-refractivity contribution in [2.24, 2.45) is 5.41 Å². The third-order valence-electron chi connectivity index (χ3n) is 3.41. The summed E-state index contributed by atoms with van der Waals surface area (Å²) in [5.74, 6) is -1.25. The second-order valence-corrected chi connectivity index (χ2v) is 6.36. The standard InChI is InChI=1S/C15H25N3O3/c1-5-6-11(18-8-7-16-10-18)9-12(19)17-13(14(20)21)15(2,3)4/h7-8,10-11,13H,5-6,9H2,1-4H3,(H,17,19)(H,20,21)/t11?,13-/m1/s1. The zero-order valence-electron chi connectivity index (χ0n) is 13.2. The third kappa shape index (κ3) is 5.21. The molecule has 1 unspecified atom stereocenters. The highest BCUT2D eigenvalue weighted by molar-refractivity contribution is 5.84. The molecule has 0 bridgehead atoms. The highest BCUT2D eigenvalue weighted by Gasteiger charge is 2.33. The van der Waals surface area contributed by atoms with Crippen molar-refractivity contribution >= 4 is 11.9 Å². The number of hydrogen-bond donors (Lipinski definition) is 2. The van der Waals surface area contributed by atoms with E-state index in [1.165, 1.54) is 0 Å². The smallest absolute Gasteiger partial charge is 0.326 e. The van der Waals surface area contributed by atoms with Gasteiger partial charge in [-0.25, -0.2) is 9.78 Å². The Kier molecular flexibility index (Phi) is 5.93. The van der Waals surface area contributed by atoms with Gasteiger partial charge in [0.15, 0.2) is 0 Å². The Morgan fingerprint density at radius 3 is 2.48 bits per heavy atom. The molecule has 1 amide bonds. The summed E-state index contributed by atoms with van der Waals surface area (Å²) in [5.41, 5.74) is -0.531. The second kappa shape index (κ2) is 7.24. The zero-order chi connectivity index (χ0) is 16.0. The molecule has 1 aromatic heterocycles. The average Bonchev–Trinajstić information content (AvgIpc) is 2.87. The van der Waals surface area contributed by atoms with Crippen molar-refractivity contribution < 1.29 is 14.7 Å². The molecule has 1 rings (SSSR count). The quantitative estimate of drug-likeness (QED) is 0.808. The summed E-state index contributed by atoms with van der Waals surface area (Å²) < 4.78 is 1.90. The van der Waals surface area contributed by atoms with Crippen molar-refractivity contribution in [2.45, 2.75) is 59.0 Å². The Labute approximate surface area is 125 Å². The number of carbonyl (C=O) groups is 2. The van der Waals surface area contributed by atoms with E-state index >= 15 is 0 Å². The number of carboxylic acids is 1. The SMILES string of the molecule is CCCC(CC(=O)N[C@H](C(=O)O)C(C)(C)C)n1ccnc1. The zero-order valence-corrected chi connectivity index (χ0v) is 13.2. The van der Waals surface area contributed by atoms with Crippen molar-refractivity contribution in [1.29, 1.82) is 0 Å². The summed E-state index contributed by atoms with van der Waals surface area (Å²) in [6, 6.07) is -0.887. The van der Waals surface area contributed by atoms with Crippen LogP contribution >= 0.6 is 0 Å². The van der Waals surface area contributed by atoms with Gasteiger partial charge in [0.1, 0.15) is 6.04 Å². The molecule has 0 fully saturated rings. The summed E-state index contributed by atoms with van der Waals surface area (Å²) >= 11 is 0. The Morgan fingerprint density at radius 2 is 2.05 bits per heavy atom. The number of aromatic nitrogens is 2. The van der Waals surface area contributed by atoms with E-state index in [0.717, 1.165) is 12.8 Å². The molecule has 0 aliphatic heterocycles. The van der Waals surface area contributed by atoms with Gasteiger partial charge in [0.2, 0.25) is 5.91 Å². The van der Waals surface area contributed by atoms with Crippen LogP contribution in [0.4, 0.5) is 0 Å². The van der Waals surface area contributed by atoms with Crippen LogP contribution in [0.2, 0.25) is 0 Å². The molecule has 6 nitrogen and oxygen atoms in total. The van der Waals surface area contributed by atoms with E-state index in [4.69, 9.17) is 0 Å². The monoisotopic (exact) mass is 295 g/mol. The van der Waals surface area contributed by atoms with Crippen LogP contribution in [-0.2, 0) is 9.59 Å². The average molecular weight is 295 g/mol. The maximum atomic E-state index is 12.2. The summed E-state index contributed by atoms with van der Waals surface area (Å²) in [5, 5.41) is 11.9. The van der Waals surface area contributed by atoms with E-state index in [1.807, 2.05) is 10.8 Å². The Hall–Kier alpha value is -1.85. The predicted octanol–water partition coefficient (Wildman–Crippen LogP) is 2.23. The molecule has 0 saturated heterocycles. The molecule has 1 heterocycles. The van der Waals surface area contributed by atoms with Gasteiger partial charge in [-0.3, -0.25) is 4.79 Å². The number of carbonyl (C=O) groups excluding carboxylic acids is 1. The number of nitrogens with one attached hydrogen (secondary N) is 1. The number of nitrogens with zero attached hydrogens (tertiary/aromatic N) is 2. The predicted molar refractivity (Wildman–Crippen MR) is 79.8 cm³/mol. The van der Waals surface area contributed by atoms with E-state index in [0.29, 0.717) is 0 Å². The van der Waals surface area contributed by atoms with E-state index in [-0.39, 0.29) is 18.4 Å². The fraction of sp³-hybridized carbons (Fsp3) is 0.667. The molecule has 2 atom stereocenters. The van der Waals surface area contributed by atoms with Gasteiger partial charge < -0.3 is 15.0 Å². The lowest BCUT2D eigenvalue weighted by molar-refractivity contribution is -0.145. The number of aliphatic carboxylic acids is 1. The van der Waals surface area contributed by atoms with Crippen molar-refractivity contribution in [2.75, 3.05) is 0 Å². The molecule has 0 spiro atoms. The van der Waals surface area contributed by atoms with E-state index < -0.39 is 17.4 Å². The Morgan fingerprint density at radius 1 is 1.38 bits per heavy atom. The van der Waals surface area contributed by atoms with Crippen LogP contribution in [0, 0.1) is 5.41 Å². The molecule has 0 saturated carbocycles. The van der Waals surface area contributed by atoms with Crippen molar-refractivity contribution in [1.82, 2.24) is 14.9 Å². The van der Waals surface area contributed by atoms with Gasteiger partial charge in [-0.2, -0.15) is 0 Å². The minimum atomic E-state index is -1.01. The molecule has 0 radical (unpaired) electrons. The molecule has 0 aliphatic carbocycles. The Bertz CT molecular complexity index is 463. The maximum Gasteiger partial charge on any atom is 0.326 e. The highest BCUT2D eigenvalue weighted by atomic mass is 16.4. The van der Waals surface area contributed by atoms with Crippen LogP contribution in [0.15, 0.2) is 18.7 Å². The van der Waals surface area contributed by atoms with Crippen molar-refractivity contribution in [3.8, 4) is 0 Å². The molecule has 1 aromatic rings. The summed E-state index contributed by atoms with van der Waals surface area (Å²) in [6.45, 7) is 7.44. The minimum Gasteiger partial charge on any atom is -0.480 e. The maximum absolute atomic E-state index is 12.2. The number of rotatable bonds is 7. The van der Waals surface area contributed by atoms with E-state index in [9.17, 15) is 14.7 Å². The van der Waals surface area contributed by atoms with Crippen LogP contribution < -0.4 is 5.32 Å². The first-order valence-electron chi connectivity index (χ1n) is 7.25. The van der Waals surface area contributed by atoms with Gasteiger partial charge in [0.05, 0.1) is 6.33 Å². The highest BCUT2D eigenvalue weighted by Crippen LogP contribution is 2.21. The van der Waals surface area contributed by atoms with Crippen LogP contribution in [0.1, 0.15) is 53.0 Å². The number of imidazole rings is 1. The third-order valence-corrected chi connectivity index (χ3v) is 3.41. The normalized spacial score (nSPS) is 14.5. The summed E-state index contributed by atoms with van der Waals surface area (Å²) in [4.78, 5) is 27.5. The van der Waals surface area contributed by atoms with Gasteiger partial charge in [0.25, 0.3) is 0 Å². The van der Waals surface area contributed by atoms with Gasteiger partial charge in [-0.15, -0.1) is 0 Å². The lowest BCUT2D eigenvalue weighted by Crippen LogP contribution is -2.49. The van der Waals surface area contributed by atoms with Gasteiger partial charge in [-0.05, 0) is 11.8 Å². The molecule has 6 heteroatoms. The van der Waals surface area contributed by atoms with Crippen molar-refractivity contribution in [3.05, 3.63) is 18.7 Å². The molecule has 118 valence electrons. The fourth-order valence-electron chi connectivity index (χ4n) is 2.26. The van der Waals surface area contributed by atoms with E-state index in [2.05, 4.69) is 17.2 Å². The largest absolute Gasteiger partial charge is 0.480 e. The van der Waals surface area contributed by atoms with Gasteiger partial charge in [0, 0.05) is 24.9 Å². The fourth-order valence-corrected chi connectivity index (χ4v) is 2.26. The second-order valence-electron chi connectivity index (χ2n) is 6.36. The first-order valence-corrected chi connectivity index (χ1v) is 7.25. The minimum absolute atomic E-state index is 0.00640. The van der Waals surface area contributed by atoms with Crippen molar-refractivity contribution in [3.63, 3.8) is 0 Å². The number of hydrogen-bond acceptors (Lipinski definition) is 3. The van der Waals surface area contributed by atoms with Gasteiger partial charge in [-0.1, -0.05) is 34.1 Å².